The van der Waals surface area contributed by atoms with Crippen molar-refractivity contribution in [2.45, 2.75) is 31.8 Å². The molecule has 1 fully saturated rings. The van der Waals surface area contributed by atoms with Crippen molar-refractivity contribution in [1.29, 1.82) is 0 Å². The Morgan fingerprint density at radius 3 is 2.75 bits per heavy atom. The molecule has 5 nitrogen and oxygen atoms in total. The zero-order valence-corrected chi connectivity index (χ0v) is 11.7. The number of amides is 2. The maximum atomic E-state index is 12.1. The van der Waals surface area contributed by atoms with E-state index in [1.165, 1.54) is 0 Å². The minimum absolute atomic E-state index is 0.00719. The SMILES string of the molecule is CCC(=O)N1CCC(NC(=O)C(N)c2ccccc2)C1. The van der Waals surface area contributed by atoms with E-state index in [2.05, 4.69) is 5.32 Å². The number of nitrogens with one attached hydrogen (secondary N) is 1. The standard InChI is InChI=1S/C15H21N3O2/c1-2-13(19)18-9-8-12(10-18)17-15(20)14(16)11-6-4-3-5-7-11/h3-7,12,14H,2,8-10,16H2,1H3,(H,17,20). The molecule has 1 heterocycles. The van der Waals surface area contributed by atoms with Crippen molar-refractivity contribution < 1.29 is 9.59 Å². The first kappa shape index (κ1) is 14.5. The molecule has 1 aromatic rings. The second kappa shape index (κ2) is 6.52. The molecule has 1 saturated heterocycles. The van der Waals surface area contributed by atoms with Crippen molar-refractivity contribution in [2.24, 2.45) is 5.73 Å². The molecule has 108 valence electrons. The highest BCUT2D eigenvalue weighted by molar-refractivity contribution is 5.83. The number of hydrogen-bond donors (Lipinski definition) is 2. The maximum Gasteiger partial charge on any atom is 0.241 e. The molecule has 0 saturated carbocycles. The first-order chi connectivity index (χ1) is 9.61. The average molecular weight is 275 g/mol. The lowest BCUT2D eigenvalue weighted by atomic mass is 10.1. The molecular formula is C15H21N3O2. The van der Waals surface area contributed by atoms with E-state index in [1.54, 1.807) is 4.90 Å². The summed E-state index contributed by atoms with van der Waals surface area (Å²) < 4.78 is 0. The highest BCUT2D eigenvalue weighted by atomic mass is 16.2. The molecule has 2 unspecified atom stereocenters. The van der Waals surface area contributed by atoms with Gasteiger partial charge in [-0.05, 0) is 12.0 Å². The fourth-order valence-electron chi connectivity index (χ4n) is 2.43. The van der Waals surface area contributed by atoms with Crippen molar-refractivity contribution in [2.75, 3.05) is 13.1 Å². The third kappa shape index (κ3) is 3.36. The first-order valence-corrected chi connectivity index (χ1v) is 7.00. The molecule has 0 radical (unpaired) electrons. The van der Waals surface area contributed by atoms with Gasteiger partial charge in [0.05, 0.1) is 0 Å². The predicted molar refractivity (Wildman–Crippen MR) is 76.8 cm³/mol. The lowest BCUT2D eigenvalue weighted by molar-refractivity contribution is -0.130. The summed E-state index contributed by atoms with van der Waals surface area (Å²) in [6, 6.07) is 8.64. The molecule has 20 heavy (non-hydrogen) atoms. The summed E-state index contributed by atoms with van der Waals surface area (Å²) >= 11 is 0. The number of carbonyl (C=O) groups excluding carboxylic acids is 2. The van der Waals surface area contributed by atoms with Crippen LogP contribution in [0.3, 0.4) is 0 Å². The first-order valence-electron chi connectivity index (χ1n) is 7.00. The molecule has 5 heteroatoms. The van der Waals surface area contributed by atoms with Gasteiger partial charge >= 0.3 is 0 Å². The fourth-order valence-corrected chi connectivity index (χ4v) is 2.43. The van der Waals surface area contributed by atoms with Crippen molar-refractivity contribution in [3.05, 3.63) is 35.9 Å². The predicted octanol–water partition coefficient (Wildman–Crippen LogP) is 0.814. The number of benzene rings is 1. The Morgan fingerprint density at radius 2 is 2.10 bits per heavy atom. The van der Waals surface area contributed by atoms with E-state index in [9.17, 15) is 9.59 Å². The Morgan fingerprint density at radius 1 is 1.40 bits per heavy atom. The molecule has 1 aliphatic rings. The van der Waals surface area contributed by atoms with Crippen LogP contribution in [0.4, 0.5) is 0 Å². The van der Waals surface area contributed by atoms with E-state index in [4.69, 9.17) is 5.73 Å². The van der Waals surface area contributed by atoms with Gasteiger partial charge in [-0.25, -0.2) is 0 Å². The van der Waals surface area contributed by atoms with Gasteiger partial charge in [0.1, 0.15) is 6.04 Å². The molecule has 1 aromatic carbocycles. The smallest absolute Gasteiger partial charge is 0.241 e. The normalized spacial score (nSPS) is 19.7. The van der Waals surface area contributed by atoms with Crippen LogP contribution in [0, 0.1) is 0 Å². The number of hydrogen-bond acceptors (Lipinski definition) is 3. The third-order valence-electron chi connectivity index (χ3n) is 3.63. The second-order valence-electron chi connectivity index (χ2n) is 5.08. The summed E-state index contributed by atoms with van der Waals surface area (Å²) in [7, 11) is 0. The zero-order valence-electron chi connectivity index (χ0n) is 11.7. The van der Waals surface area contributed by atoms with E-state index in [1.807, 2.05) is 37.3 Å². The van der Waals surface area contributed by atoms with Gasteiger partial charge in [-0.2, -0.15) is 0 Å². The molecule has 3 N–H and O–H groups in total. The number of carbonyl (C=O) groups is 2. The number of nitrogens with zero attached hydrogens (tertiary/aromatic N) is 1. The average Bonchev–Trinajstić information content (AvgIpc) is 2.95. The topological polar surface area (TPSA) is 75.4 Å². The van der Waals surface area contributed by atoms with Crippen molar-refractivity contribution in [1.82, 2.24) is 10.2 Å². The Kier molecular flexibility index (Phi) is 4.74. The monoisotopic (exact) mass is 275 g/mol. The highest BCUT2D eigenvalue weighted by Crippen LogP contribution is 2.13. The largest absolute Gasteiger partial charge is 0.350 e. The summed E-state index contributed by atoms with van der Waals surface area (Å²) in [5.74, 6) is -0.0545. The van der Waals surface area contributed by atoms with Crippen LogP contribution in [0.2, 0.25) is 0 Å². The summed E-state index contributed by atoms with van der Waals surface area (Å²) in [6.45, 7) is 3.14. The minimum atomic E-state index is -0.660. The van der Waals surface area contributed by atoms with Crippen molar-refractivity contribution >= 4 is 11.8 Å². The van der Waals surface area contributed by atoms with E-state index in [0.29, 0.717) is 19.5 Å². The second-order valence-corrected chi connectivity index (χ2v) is 5.08. The number of nitrogens with two attached hydrogens (primary N) is 1. The van der Waals surface area contributed by atoms with Crippen LogP contribution in [-0.4, -0.2) is 35.8 Å². The molecule has 0 bridgehead atoms. The maximum absolute atomic E-state index is 12.1. The zero-order chi connectivity index (χ0) is 14.5. The Labute approximate surface area is 119 Å². The van der Waals surface area contributed by atoms with Crippen LogP contribution in [0.25, 0.3) is 0 Å². The summed E-state index contributed by atoms with van der Waals surface area (Å²) in [5, 5.41) is 2.93. The Bertz CT molecular complexity index is 475. The summed E-state index contributed by atoms with van der Waals surface area (Å²) in [6.07, 6.45) is 1.29. The lowest BCUT2D eigenvalue weighted by Gasteiger charge is -2.18. The van der Waals surface area contributed by atoms with E-state index < -0.39 is 6.04 Å². The van der Waals surface area contributed by atoms with Gasteiger partial charge in [0.2, 0.25) is 11.8 Å². The number of likely N-dealkylation sites (tertiary alicyclic amines) is 1. The van der Waals surface area contributed by atoms with Crippen molar-refractivity contribution in [3.8, 4) is 0 Å². The Hall–Kier alpha value is -1.88. The van der Waals surface area contributed by atoms with Crippen LogP contribution in [0.5, 0.6) is 0 Å². The molecule has 2 atom stereocenters. The molecule has 2 rings (SSSR count). The van der Waals surface area contributed by atoms with Crippen molar-refractivity contribution in [3.63, 3.8) is 0 Å². The van der Waals surface area contributed by atoms with Crippen LogP contribution in [0.1, 0.15) is 31.4 Å². The highest BCUT2D eigenvalue weighted by Gasteiger charge is 2.27. The minimum Gasteiger partial charge on any atom is -0.350 e. The lowest BCUT2D eigenvalue weighted by Crippen LogP contribution is -2.42. The third-order valence-corrected chi connectivity index (χ3v) is 3.63. The molecular weight excluding hydrogens is 254 g/mol. The summed E-state index contributed by atoms with van der Waals surface area (Å²) in [4.78, 5) is 25.5. The molecule has 0 aromatic heterocycles. The van der Waals surface area contributed by atoms with Gasteiger partial charge in [-0.15, -0.1) is 0 Å². The number of rotatable bonds is 4. The van der Waals surface area contributed by atoms with Crippen LogP contribution >= 0.6 is 0 Å². The van der Waals surface area contributed by atoms with E-state index in [0.717, 1.165) is 12.0 Å². The Balaban J connectivity index is 1.88. The molecule has 0 aliphatic carbocycles. The summed E-state index contributed by atoms with van der Waals surface area (Å²) in [5.41, 5.74) is 6.74. The molecule has 1 aliphatic heterocycles. The molecule has 0 spiro atoms. The van der Waals surface area contributed by atoms with E-state index >= 15 is 0 Å². The van der Waals surface area contributed by atoms with E-state index in [-0.39, 0.29) is 17.9 Å². The van der Waals surface area contributed by atoms with Gasteiger partial charge in [-0.1, -0.05) is 37.3 Å². The van der Waals surface area contributed by atoms with Gasteiger partial charge in [-0.3, -0.25) is 9.59 Å². The van der Waals surface area contributed by atoms with Gasteiger partial charge in [0, 0.05) is 25.6 Å². The quantitative estimate of drug-likeness (QED) is 0.854. The fraction of sp³-hybridized carbons (Fsp3) is 0.467. The van der Waals surface area contributed by atoms with Gasteiger partial charge in [0.25, 0.3) is 0 Å². The van der Waals surface area contributed by atoms with Gasteiger partial charge < -0.3 is 16.0 Å². The van der Waals surface area contributed by atoms with Crippen LogP contribution < -0.4 is 11.1 Å². The van der Waals surface area contributed by atoms with Crippen LogP contribution in [-0.2, 0) is 9.59 Å². The van der Waals surface area contributed by atoms with Crippen LogP contribution in [0.15, 0.2) is 30.3 Å². The molecule has 2 amide bonds. The van der Waals surface area contributed by atoms with Gasteiger partial charge in [0.15, 0.2) is 0 Å².